The molecule has 28 heavy (non-hydrogen) atoms. The number of carbonyl (C=O) groups is 1. The first-order chi connectivity index (χ1) is 12.8. The molecule has 1 aromatic heterocycles. The highest BCUT2D eigenvalue weighted by Crippen LogP contribution is 2.35. The minimum atomic E-state index is -4.57. The van der Waals surface area contributed by atoms with Crippen molar-refractivity contribution in [2.75, 3.05) is 0 Å². The number of carbonyl (C=O) groups excluding carboxylic acids is 1. The van der Waals surface area contributed by atoms with Crippen LogP contribution in [-0.2, 0) is 15.7 Å². The highest BCUT2D eigenvalue weighted by molar-refractivity contribution is 5.85. The molecule has 0 atom stereocenters. The SMILES string of the molecule is CC(C)Oc1cc(-c2ncn(/C=C/C(=O)OC(C)(C)F)n2)cc(C(F)(F)F)c1. The summed E-state index contributed by atoms with van der Waals surface area (Å²) in [7, 11) is 0. The predicted octanol–water partition coefficient (Wildman–Crippen LogP) is 4.47. The average Bonchev–Trinajstić information content (AvgIpc) is 2.98. The van der Waals surface area contributed by atoms with Crippen LogP contribution in [0.1, 0.15) is 33.3 Å². The number of ether oxygens (including phenoxy) is 2. The molecule has 0 radical (unpaired) electrons. The molecule has 152 valence electrons. The molecule has 0 aliphatic heterocycles. The van der Waals surface area contributed by atoms with E-state index in [0.717, 1.165) is 42.9 Å². The first kappa shape index (κ1) is 21.4. The summed E-state index contributed by atoms with van der Waals surface area (Å²) in [5, 5.41) is 3.99. The van der Waals surface area contributed by atoms with E-state index in [2.05, 4.69) is 14.8 Å². The van der Waals surface area contributed by atoms with Gasteiger partial charge in [0.2, 0.25) is 5.85 Å². The summed E-state index contributed by atoms with van der Waals surface area (Å²) in [6, 6.07) is 3.18. The van der Waals surface area contributed by atoms with E-state index in [0.29, 0.717) is 0 Å². The molecule has 0 spiro atoms. The van der Waals surface area contributed by atoms with Crippen LogP contribution < -0.4 is 4.74 Å². The van der Waals surface area contributed by atoms with Crippen LogP contribution in [0.3, 0.4) is 0 Å². The first-order valence-electron chi connectivity index (χ1n) is 8.24. The van der Waals surface area contributed by atoms with E-state index in [1.165, 1.54) is 12.4 Å². The van der Waals surface area contributed by atoms with Crippen molar-refractivity contribution in [2.45, 2.75) is 45.8 Å². The molecule has 1 heterocycles. The fourth-order valence-electron chi connectivity index (χ4n) is 2.12. The zero-order valence-corrected chi connectivity index (χ0v) is 15.6. The van der Waals surface area contributed by atoms with Crippen LogP contribution in [0.2, 0.25) is 0 Å². The summed E-state index contributed by atoms with van der Waals surface area (Å²) in [6.07, 6.45) is -1.65. The number of halogens is 4. The van der Waals surface area contributed by atoms with Gasteiger partial charge in [0, 0.05) is 31.7 Å². The third-order valence-electron chi connectivity index (χ3n) is 3.08. The minimum Gasteiger partial charge on any atom is -0.491 e. The van der Waals surface area contributed by atoms with Crippen LogP contribution in [0.25, 0.3) is 17.6 Å². The standard InChI is InChI=1S/C18H19F4N3O3/c1-11(2)27-14-8-12(7-13(9-14)18(20,21)22)16-23-10-25(24-16)6-5-15(26)28-17(3,4)19/h5-11H,1-4H3/b6-5+. The second-order valence-electron chi connectivity index (χ2n) is 6.56. The summed E-state index contributed by atoms with van der Waals surface area (Å²) in [6.45, 7) is 5.51. The molecule has 1 aromatic carbocycles. The van der Waals surface area contributed by atoms with Crippen molar-refractivity contribution in [3.8, 4) is 17.1 Å². The highest BCUT2D eigenvalue weighted by Gasteiger charge is 2.32. The van der Waals surface area contributed by atoms with E-state index < -0.39 is 23.6 Å². The first-order valence-corrected chi connectivity index (χ1v) is 8.24. The Bertz CT molecular complexity index is 868. The molecule has 0 N–H and O–H groups in total. The van der Waals surface area contributed by atoms with Crippen molar-refractivity contribution in [3.05, 3.63) is 36.2 Å². The zero-order chi connectivity index (χ0) is 21.1. The van der Waals surface area contributed by atoms with Crippen molar-refractivity contribution in [1.29, 1.82) is 0 Å². The molecular weight excluding hydrogens is 382 g/mol. The van der Waals surface area contributed by atoms with E-state index in [9.17, 15) is 22.4 Å². The lowest BCUT2D eigenvalue weighted by Gasteiger charge is -2.14. The minimum absolute atomic E-state index is 0.0106. The molecular formula is C18H19F4N3O3. The molecule has 0 aliphatic carbocycles. The Kier molecular flexibility index (Phi) is 6.10. The summed E-state index contributed by atoms with van der Waals surface area (Å²) in [5.41, 5.74) is -0.814. The number of rotatable bonds is 6. The maximum Gasteiger partial charge on any atom is 0.416 e. The normalized spacial score (nSPS) is 12.6. The van der Waals surface area contributed by atoms with Crippen LogP contribution in [0.4, 0.5) is 17.6 Å². The highest BCUT2D eigenvalue weighted by atomic mass is 19.4. The van der Waals surface area contributed by atoms with E-state index >= 15 is 0 Å². The fraction of sp³-hybridized carbons (Fsp3) is 0.389. The maximum atomic E-state index is 13.2. The summed E-state index contributed by atoms with van der Waals surface area (Å²) in [4.78, 5) is 15.4. The lowest BCUT2D eigenvalue weighted by Crippen LogP contribution is -2.20. The molecule has 6 nitrogen and oxygen atoms in total. The molecule has 0 unspecified atom stereocenters. The molecule has 0 fully saturated rings. The van der Waals surface area contributed by atoms with Crippen molar-refractivity contribution in [1.82, 2.24) is 14.8 Å². The number of benzene rings is 1. The quantitative estimate of drug-likeness (QED) is 0.406. The van der Waals surface area contributed by atoms with E-state index in [1.807, 2.05) is 0 Å². The van der Waals surface area contributed by atoms with Gasteiger partial charge in [0.1, 0.15) is 12.1 Å². The van der Waals surface area contributed by atoms with E-state index in [1.54, 1.807) is 13.8 Å². The zero-order valence-electron chi connectivity index (χ0n) is 15.6. The van der Waals surface area contributed by atoms with Gasteiger partial charge in [0.15, 0.2) is 5.82 Å². The molecule has 0 amide bonds. The van der Waals surface area contributed by atoms with E-state index in [4.69, 9.17) is 4.74 Å². The van der Waals surface area contributed by atoms with Crippen molar-refractivity contribution >= 4 is 12.2 Å². The van der Waals surface area contributed by atoms with Gasteiger partial charge in [-0.15, -0.1) is 5.10 Å². The summed E-state index contributed by atoms with van der Waals surface area (Å²) in [5.74, 6) is -3.07. The molecule has 0 bridgehead atoms. The molecule has 2 aromatic rings. The number of hydrogen-bond acceptors (Lipinski definition) is 5. The lowest BCUT2D eigenvalue weighted by molar-refractivity contribution is -0.167. The largest absolute Gasteiger partial charge is 0.491 e. The summed E-state index contributed by atoms with van der Waals surface area (Å²) < 4.78 is 63.6. The van der Waals surface area contributed by atoms with Gasteiger partial charge in [0.25, 0.3) is 0 Å². The van der Waals surface area contributed by atoms with Gasteiger partial charge >= 0.3 is 12.1 Å². The van der Waals surface area contributed by atoms with Gasteiger partial charge in [-0.3, -0.25) is 0 Å². The Labute approximate surface area is 158 Å². The van der Waals surface area contributed by atoms with Crippen molar-refractivity contribution in [2.24, 2.45) is 0 Å². The van der Waals surface area contributed by atoms with Crippen molar-refractivity contribution in [3.63, 3.8) is 0 Å². The van der Waals surface area contributed by atoms with Gasteiger partial charge in [-0.05, 0) is 32.0 Å². The van der Waals surface area contributed by atoms with Crippen LogP contribution in [0.15, 0.2) is 30.6 Å². The Balaban J connectivity index is 2.29. The molecule has 0 aliphatic rings. The Morgan fingerprint density at radius 2 is 1.86 bits per heavy atom. The van der Waals surface area contributed by atoms with Gasteiger partial charge in [0.05, 0.1) is 11.7 Å². The monoisotopic (exact) mass is 401 g/mol. The second-order valence-corrected chi connectivity index (χ2v) is 6.56. The second kappa shape index (κ2) is 7.99. The molecule has 0 saturated carbocycles. The third-order valence-corrected chi connectivity index (χ3v) is 3.08. The number of esters is 1. The Morgan fingerprint density at radius 1 is 1.18 bits per heavy atom. The molecule has 0 saturated heterocycles. The molecule has 2 rings (SSSR count). The van der Waals surface area contributed by atoms with Crippen LogP contribution in [-0.4, -0.2) is 32.7 Å². The molecule has 10 heteroatoms. The van der Waals surface area contributed by atoms with Gasteiger partial charge in [-0.25, -0.2) is 14.5 Å². The van der Waals surface area contributed by atoms with Crippen LogP contribution in [0.5, 0.6) is 5.75 Å². The Hall–Kier alpha value is -2.91. The van der Waals surface area contributed by atoms with Gasteiger partial charge < -0.3 is 9.47 Å². The lowest BCUT2D eigenvalue weighted by atomic mass is 10.1. The number of alkyl halides is 4. The maximum absolute atomic E-state index is 13.2. The topological polar surface area (TPSA) is 66.2 Å². The number of hydrogen-bond donors (Lipinski definition) is 0. The smallest absolute Gasteiger partial charge is 0.416 e. The van der Waals surface area contributed by atoms with E-state index in [-0.39, 0.29) is 23.2 Å². The van der Waals surface area contributed by atoms with Crippen LogP contribution in [0, 0.1) is 0 Å². The summed E-state index contributed by atoms with van der Waals surface area (Å²) >= 11 is 0. The number of nitrogens with zero attached hydrogens (tertiary/aromatic N) is 3. The van der Waals surface area contributed by atoms with Gasteiger partial charge in [-0.1, -0.05) is 0 Å². The number of aromatic nitrogens is 3. The van der Waals surface area contributed by atoms with Crippen molar-refractivity contribution < 1.29 is 31.8 Å². The average molecular weight is 401 g/mol. The predicted molar refractivity (Wildman–Crippen MR) is 92.8 cm³/mol. The fourth-order valence-corrected chi connectivity index (χ4v) is 2.12. The van der Waals surface area contributed by atoms with Crippen LogP contribution >= 0.6 is 0 Å². The van der Waals surface area contributed by atoms with Gasteiger partial charge in [-0.2, -0.15) is 17.6 Å². The third kappa shape index (κ3) is 6.36. The Morgan fingerprint density at radius 3 is 2.43 bits per heavy atom.